The molecule has 0 aromatic carbocycles. The minimum Gasteiger partial charge on any atom is -0.382 e. The van der Waals surface area contributed by atoms with Crippen molar-refractivity contribution in [3.8, 4) is 0 Å². The molecule has 0 saturated heterocycles. The van der Waals surface area contributed by atoms with E-state index in [0.717, 1.165) is 22.3 Å². The molecule has 4 nitrogen and oxygen atoms in total. The van der Waals surface area contributed by atoms with Crippen molar-refractivity contribution in [2.75, 3.05) is 11.5 Å². The first-order chi connectivity index (χ1) is 7.24. The van der Waals surface area contributed by atoms with Gasteiger partial charge in [-0.05, 0) is 13.0 Å². The van der Waals surface area contributed by atoms with Crippen LogP contribution in [0.25, 0.3) is 0 Å². The Hall–Kier alpha value is -1.01. The molecule has 0 aliphatic rings. The number of thioether (sulfide) groups is 1. The van der Waals surface area contributed by atoms with Gasteiger partial charge in [-0.1, -0.05) is 11.8 Å². The lowest BCUT2D eigenvalue weighted by atomic mass is 10.6. The third-order valence-corrected chi connectivity index (χ3v) is 3.92. The summed E-state index contributed by atoms with van der Waals surface area (Å²) in [5, 5.41) is 6.17. The molecular weight excluding hydrogens is 228 g/mol. The summed E-state index contributed by atoms with van der Waals surface area (Å²) < 4.78 is 2.97. The Balaban J connectivity index is 1.80. The zero-order valence-electron chi connectivity index (χ0n) is 8.38. The molecule has 6 heteroatoms. The molecule has 0 radical (unpaired) electrons. The van der Waals surface area contributed by atoms with Gasteiger partial charge in [-0.25, -0.2) is 4.98 Å². The van der Waals surface area contributed by atoms with Gasteiger partial charge < -0.3 is 5.73 Å². The second-order valence-corrected chi connectivity index (χ2v) is 5.31. The smallest absolute Gasteiger partial charge is 0.150 e. The highest BCUT2D eigenvalue weighted by Crippen LogP contribution is 2.22. The molecule has 0 unspecified atom stereocenters. The van der Waals surface area contributed by atoms with Crippen LogP contribution in [0.3, 0.4) is 0 Å². The number of thiazole rings is 1. The molecule has 2 rings (SSSR count). The molecule has 0 fully saturated rings. The van der Waals surface area contributed by atoms with Crippen molar-refractivity contribution in [1.82, 2.24) is 14.8 Å². The molecule has 2 N–H and O–H groups in total. The van der Waals surface area contributed by atoms with E-state index in [9.17, 15) is 0 Å². The van der Waals surface area contributed by atoms with Gasteiger partial charge in [0, 0.05) is 23.0 Å². The van der Waals surface area contributed by atoms with Crippen LogP contribution < -0.4 is 5.73 Å². The van der Waals surface area contributed by atoms with Crippen molar-refractivity contribution < 1.29 is 0 Å². The summed E-state index contributed by atoms with van der Waals surface area (Å²) in [5.74, 6) is 1.54. The average molecular weight is 240 g/mol. The van der Waals surface area contributed by atoms with Crippen molar-refractivity contribution in [2.24, 2.45) is 0 Å². The Bertz CT molecular complexity index is 395. The van der Waals surface area contributed by atoms with Crippen LogP contribution in [0.2, 0.25) is 0 Å². The number of rotatable bonds is 4. The number of hydrogen-bond acceptors (Lipinski definition) is 5. The fraction of sp³-hybridized carbons (Fsp3) is 0.333. The van der Waals surface area contributed by atoms with Gasteiger partial charge in [-0.15, -0.1) is 11.3 Å². The van der Waals surface area contributed by atoms with E-state index in [4.69, 9.17) is 5.73 Å². The molecule has 0 aliphatic carbocycles. The summed E-state index contributed by atoms with van der Waals surface area (Å²) in [5.41, 5.74) is 6.60. The summed E-state index contributed by atoms with van der Waals surface area (Å²) in [4.78, 5) is 4.37. The number of hydrogen-bond donors (Lipinski definition) is 1. The predicted molar refractivity (Wildman–Crippen MR) is 64.2 cm³/mol. The highest BCUT2D eigenvalue weighted by molar-refractivity contribution is 8.00. The lowest BCUT2D eigenvalue weighted by Crippen LogP contribution is -2.01. The Morgan fingerprint density at radius 2 is 2.47 bits per heavy atom. The lowest BCUT2D eigenvalue weighted by molar-refractivity contribution is 0.669. The van der Waals surface area contributed by atoms with E-state index in [0.29, 0.717) is 5.82 Å². The summed E-state index contributed by atoms with van der Waals surface area (Å²) in [7, 11) is 0. The summed E-state index contributed by atoms with van der Waals surface area (Å²) in [6, 6.07) is 1.80. The van der Waals surface area contributed by atoms with E-state index in [2.05, 4.69) is 15.5 Å². The Morgan fingerprint density at radius 3 is 3.07 bits per heavy atom. The summed E-state index contributed by atoms with van der Waals surface area (Å²) >= 11 is 3.44. The van der Waals surface area contributed by atoms with Crippen LogP contribution in [0.5, 0.6) is 0 Å². The zero-order chi connectivity index (χ0) is 10.7. The maximum atomic E-state index is 5.52. The van der Waals surface area contributed by atoms with Gasteiger partial charge in [0.1, 0.15) is 10.2 Å². The van der Waals surface area contributed by atoms with Gasteiger partial charge in [0.05, 0.1) is 6.54 Å². The van der Waals surface area contributed by atoms with Crippen LogP contribution in [-0.2, 0) is 6.54 Å². The highest BCUT2D eigenvalue weighted by Gasteiger charge is 2.00. The van der Waals surface area contributed by atoms with E-state index in [1.807, 2.05) is 17.8 Å². The van der Waals surface area contributed by atoms with Gasteiger partial charge in [0.15, 0.2) is 0 Å². The van der Waals surface area contributed by atoms with Gasteiger partial charge in [-0.3, -0.25) is 4.68 Å². The minimum atomic E-state index is 0.574. The fourth-order valence-electron chi connectivity index (χ4n) is 1.13. The summed E-state index contributed by atoms with van der Waals surface area (Å²) in [6.45, 7) is 2.87. The number of anilines is 1. The van der Waals surface area contributed by atoms with Crippen LogP contribution in [0.1, 0.15) is 5.69 Å². The van der Waals surface area contributed by atoms with Gasteiger partial charge in [0.2, 0.25) is 0 Å². The Labute approximate surface area is 96.5 Å². The topological polar surface area (TPSA) is 56.7 Å². The maximum Gasteiger partial charge on any atom is 0.150 e. The van der Waals surface area contributed by atoms with Crippen LogP contribution in [0.15, 0.2) is 22.0 Å². The van der Waals surface area contributed by atoms with Crippen molar-refractivity contribution in [3.05, 3.63) is 23.3 Å². The first kappa shape index (κ1) is 10.5. The number of nitrogen functional groups attached to an aromatic ring is 1. The highest BCUT2D eigenvalue weighted by atomic mass is 32.2. The maximum absolute atomic E-state index is 5.52. The second kappa shape index (κ2) is 4.67. The van der Waals surface area contributed by atoms with Crippen molar-refractivity contribution >= 4 is 28.9 Å². The summed E-state index contributed by atoms with van der Waals surface area (Å²) in [6.07, 6.45) is 1.89. The molecule has 2 aromatic rings. The molecule has 80 valence electrons. The SMILES string of the molecule is Cc1csc(SCCn2ccc(N)n2)n1. The molecule has 2 heterocycles. The second-order valence-electron chi connectivity index (χ2n) is 3.11. The largest absolute Gasteiger partial charge is 0.382 e. The van der Waals surface area contributed by atoms with Crippen molar-refractivity contribution in [1.29, 1.82) is 0 Å². The van der Waals surface area contributed by atoms with Gasteiger partial charge in [0.25, 0.3) is 0 Å². The quantitative estimate of drug-likeness (QED) is 0.831. The minimum absolute atomic E-state index is 0.574. The molecule has 0 amide bonds. The lowest BCUT2D eigenvalue weighted by Gasteiger charge is -1.98. The van der Waals surface area contributed by atoms with Crippen LogP contribution in [-0.4, -0.2) is 20.5 Å². The molecule has 0 bridgehead atoms. The Kier molecular flexibility index (Phi) is 3.27. The number of aromatic nitrogens is 3. The van der Waals surface area contributed by atoms with Gasteiger partial charge in [-0.2, -0.15) is 5.10 Å². The first-order valence-corrected chi connectivity index (χ1v) is 6.44. The van der Waals surface area contributed by atoms with Gasteiger partial charge >= 0.3 is 0 Å². The monoisotopic (exact) mass is 240 g/mol. The first-order valence-electron chi connectivity index (χ1n) is 4.58. The van der Waals surface area contributed by atoms with Crippen molar-refractivity contribution in [3.63, 3.8) is 0 Å². The molecular formula is C9H12N4S2. The molecule has 15 heavy (non-hydrogen) atoms. The van der Waals surface area contributed by atoms with Crippen molar-refractivity contribution in [2.45, 2.75) is 17.8 Å². The third-order valence-electron chi connectivity index (χ3n) is 1.81. The van der Waals surface area contributed by atoms with Crippen LogP contribution in [0.4, 0.5) is 5.82 Å². The number of aryl methyl sites for hydroxylation is 2. The van der Waals surface area contributed by atoms with E-state index in [1.54, 1.807) is 29.2 Å². The molecule has 0 spiro atoms. The Morgan fingerprint density at radius 1 is 1.60 bits per heavy atom. The molecule has 0 atom stereocenters. The van der Waals surface area contributed by atoms with E-state index in [1.165, 1.54) is 0 Å². The zero-order valence-corrected chi connectivity index (χ0v) is 10.0. The molecule has 0 aliphatic heterocycles. The van der Waals surface area contributed by atoms with E-state index in [-0.39, 0.29) is 0 Å². The van der Waals surface area contributed by atoms with E-state index >= 15 is 0 Å². The fourth-order valence-corrected chi connectivity index (χ4v) is 2.98. The predicted octanol–water partition coefficient (Wildman–Crippen LogP) is 2.02. The number of nitrogens with zero attached hydrogens (tertiary/aromatic N) is 3. The average Bonchev–Trinajstić information content (AvgIpc) is 2.76. The third kappa shape index (κ3) is 2.97. The van der Waals surface area contributed by atoms with Crippen LogP contribution >= 0.6 is 23.1 Å². The number of nitrogens with two attached hydrogens (primary N) is 1. The molecule has 0 saturated carbocycles. The van der Waals surface area contributed by atoms with Crippen LogP contribution in [0, 0.1) is 6.92 Å². The normalized spacial score (nSPS) is 10.7. The molecule has 2 aromatic heterocycles. The standard InChI is InChI=1S/C9H12N4S2/c1-7-6-15-9(11-7)14-5-4-13-3-2-8(10)12-13/h2-3,6H,4-5H2,1H3,(H2,10,12). The van der Waals surface area contributed by atoms with E-state index < -0.39 is 0 Å².